The van der Waals surface area contributed by atoms with Crippen LogP contribution in [0, 0.1) is 10.1 Å². The number of nitro groups is 1. The largest absolute Gasteiger partial charge is 0.352 e. The number of rotatable bonds is 8. The Bertz CT molecular complexity index is 680. The van der Waals surface area contributed by atoms with Crippen molar-refractivity contribution >= 4 is 40.9 Å². The van der Waals surface area contributed by atoms with Crippen molar-refractivity contribution in [1.82, 2.24) is 10.6 Å². The van der Waals surface area contributed by atoms with Crippen molar-refractivity contribution in [2.75, 3.05) is 12.0 Å². The molecule has 0 spiro atoms. The molecule has 1 aliphatic rings. The van der Waals surface area contributed by atoms with Gasteiger partial charge < -0.3 is 10.6 Å². The Hall–Kier alpha value is -1.80. The molecule has 2 amide bonds. The Morgan fingerprint density at radius 2 is 2.08 bits per heavy atom. The van der Waals surface area contributed by atoms with Crippen LogP contribution in [0.2, 0.25) is 5.02 Å². The summed E-state index contributed by atoms with van der Waals surface area (Å²) in [5.41, 5.74) is -0.0791. The minimum Gasteiger partial charge on any atom is -0.352 e. The van der Waals surface area contributed by atoms with Gasteiger partial charge in [0, 0.05) is 18.2 Å². The first-order valence-electron chi connectivity index (χ1n) is 8.46. The highest BCUT2D eigenvalue weighted by Crippen LogP contribution is 2.23. The fourth-order valence-electron chi connectivity index (χ4n) is 2.91. The van der Waals surface area contributed by atoms with E-state index in [0.717, 1.165) is 37.5 Å². The predicted octanol–water partition coefficient (Wildman–Crippen LogP) is 3.16. The fourth-order valence-corrected chi connectivity index (χ4v) is 3.65. The number of nitro benzene ring substituents is 1. The smallest absolute Gasteiger partial charge is 0.270 e. The van der Waals surface area contributed by atoms with Crippen molar-refractivity contribution in [3.8, 4) is 0 Å². The predicted molar refractivity (Wildman–Crippen MR) is 103 cm³/mol. The number of nitrogens with zero attached hydrogens (tertiary/aromatic N) is 1. The number of non-ortho nitro benzene ring substituents is 1. The second-order valence-corrected chi connectivity index (χ2v) is 7.61. The van der Waals surface area contributed by atoms with Crippen LogP contribution in [0.5, 0.6) is 0 Å². The van der Waals surface area contributed by atoms with Crippen LogP contribution in [0.25, 0.3) is 0 Å². The van der Waals surface area contributed by atoms with Crippen LogP contribution >= 0.6 is 23.4 Å². The van der Waals surface area contributed by atoms with E-state index in [9.17, 15) is 19.7 Å². The number of thioether (sulfide) groups is 1. The van der Waals surface area contributed by atoms with Crippen LogP contribution in [0.1, 0.15) is 42.5 Å². The average molecular weight is 400 g/mol. The molecule has 2 N–H and O–H groups in total. The van der Waals surface area contributed by atoms with E-state index in [2.05, 4.69) is 10.6 Å². The Kier molecular flexibility index (Phi) is 7.71. The van der Waals surface area contributed by atoms with E-state index >= 15 is 0 Å². The molecule has 0 saturated heterocycles. The minimum atomic E-state index is -0.665. The Labute approximate surface area is 161 Å². The van der Waals surface area contributed by atoms with Crippen molar-refractivity contribution in [3.63, 3.8) is 0 Å². The van der Waals surface area contributed by atoms with E-state index in [4.69, 9.17) is 11.6 Å². The van der Waals surface area contributed by atoms with Gasteiger partial charge in [0.05, 0.1) is 15.5 Å². The molecule has 0 aliphatic heterocycles. The third-order valence-corrected chi connectivity index (χ3v) is 5.30. The monoisotopic (exact) mass is 399 g/mol. The number of hydrogen-bond donors (Lipinski definition) is 2. The quantitative estimate of drug-likeness (QED) is 0.516. The summed E-state index contributed by atoms with van der Waals surface area (Å²) in [6.07, 6.45) is 6.56. The van der Waals surface area contributed by atoms with Gasteiger partial charge in [-0.05, 0) is 37.3 Å². The maximum Gasteiger partial charge on any atom is 0.270 e. The number of amides is 2. The van der Waals surface area contributed by atoms with Gasteiger partial charge in [-0.15, -0.1) is 0 Å². The van der Waals surface area contributed by atoms with E-state index in [1.54, 1.807) is 11.8 Å². The first-order chi connectivity index (χ1) is 12.4. The first-order valence-corrected chi connectivity index (χ1v) is 10.2. The fraction of sp³-hybridized carbons (Fsp3) is 0.529. The Morgan fingerprint density at radius 3 is 2.65 bits per heavy atom. The summed E-state index contributed by atoms with van der Waals surface area (Å²) in [7, 11) is 0. The van der Waals surface area contributed by atoms with Crippen molar-refractivity contribution in [3.05, 3.63) is 38.9 Å². The molecule has 1 aromatic carbocycles. The summed E-state index contributed by atoms with van der Waals surface area (Å²) < 4.78 is 0. The highest BCUT2D eigenvalue weighted by atomic mass is 35.5. The van der Waals surface area contributed by atoms with Crippen LogP contribution in [0.3, 0.4) is 0 Å². The Balaban J connectivity index is 2.07. The molecule has 1 aromatic rings. The summed E-state index contributed by atoms with van der Waals surface area (Å²) in [5, 5.41) is 16.5. The topological polar surface area (TPSA) is 101 Å². The highest BCUT2D eigenvalue weighted by molar-refractivity contribution is 7.98. The summed E-state index contributed by atoms with van der Waals surface area (Å²) in [6.45, 7) is 0. The van der Waals surface area contributed by atoms with Crippen LogP contribution in [0.15, 0.2) is 18.2 Å². The van der Waals surface area contributed by atoms with Crippen molar-refractivity contribution in [1.29, 1.82) is 0 Å². The van der Waals surface area contributed by atoms with Crippen LogP contribution in [0.4, 0.5) is 5.69 Å². The van der Waals surface area contributed by atoms with Gasteiger partial charge in [0.25, 0.3) is 11.6 Å². The van der Waals surface area contributed by atoms with Gasteiger partial charge in [0.1, 0.15) is 6.04 Å². The molecule has 9 heteroatoms. The molecule has 0 aromatic heterocycles. The summed E-state index contributed by atoms with van der Waals surface area (Å²) >= 11 is 7.59. The lowest BCUT2D eigenvalue weighted by atomic mass is 10.1. The zero-order chi connectivity index (χ0) is 19.1. The molecule has 1 saturated carbocycles. The van der Waals surface area contributed by atoms with Gasteiger partial charge in [-0.1, -0.05) is 24.4 Å². The van der Waals surface area contributed by atoms with E-state index < -0.39 is 16.9 Å². The number of nitrogens with one attached hydrogen (secondary N) is 2. The normalized spacial score (nSPS) is 15.5. The third kappa shape index (κ3) is 5.60. The second-order valence-electron chi connectivity index (χ2n) is 6.22. The zero-order valence-electron chi connectivity index (χ0n) is 14.5. The molecule has 1 atom stereocenters. The van der Waals surface area contributed by atoms with Gasteiger partial charge in [-0.3, -0.25) is 19.7 Å². The average Bonchev–Trinajstić information content (AvgIpc) is 3.10. The number of carbonyl (C=O) groups is 2. The summed E-state index contributed by atoms with van der Waals surface area (Å²) in [4.78, 5) is 35.2. The molecule has 0 bridgehead atoms. The molecule has 7 nitrogen and oxygen atoms in total. The maximum absolute atomic E-state index is 12.5. The van der Waals surface area contributed by atoms with E-state index in [1.807, 2.05) is 6.26 Å². The molecule has 1 aliphatic carbocycles. The third-order valence-electron chi connectivity index (χ3n) is 4.34. The molecule has 142 valence electrons. The highest BCUT2D eigenvalue weighted by Gasteiger charge is 2.26. The molecule has 26 heavy (non-hydrogen) atoms. The summed E-state index contributed by atoms with van der Waals surface area (Å²) in [6, 6.07) is 3.15. The molecular weight excluding hydrogens is 378 g/mol. The molecule has 1 fully saturated rings. The second kappa shape index (κ2) is 9.78. The molecule has 0 heterocycles. The van der Waals surface area contributed by atoms with E-state index in [-0.39, 0.29) is 28.2 Å². The lowest BCUT2D eigenvalue weighted by Crippen LogP contribution is -2.49. The van der Waals surface area contributed by atoms with Gasteiger partial charge in [0.2, 0.25) is 5.91 Å². The molecule has 0 unspecified atom stereocenters. The standard InChI is InChI=1S/C17H22ClN3O4S/c1-26-9-8-15(17(23)19-11-4-2-3-5-11)20-16(22)13-7-6-12(21(24)25)10-14(13)18/h6-7,10-11,15H,2-5,8-9H2,1H3,(H,19,23)(H,20,22)/t15-/m0/s1. The lowest BCUT2D eigenvalue weighted by molar-refractivity contribution is -0.384. The van der Waals surface area contributed by atoms with Crippen molar-refractivity contribution < 1.29 is 14.5 Å². The molecule has 2 rings (SSSR count). The van der Waals surface area contributed by atoms with Gasteiger partial charge in [0.15, 0.2) is 0 Å². The maximum atomic E-state index is 12.5. The van der Waals surface area contributed by atoms with Gasteiger partial charge in [-0.25, -0.2) is 0 Å². The van der Waals surface area contributed by atoms with Crippen molar-refractivity contribution in [2.45, 2.75) is 44.2 Å². The lowest BCUT2D eigenvalue weighted by Gasteiger charge is -2.21. The van der Waals surface area contributed by atoms with Gasteiger partial charge in [-0.2, -0.15) is 11.8 Å². The van der Waals surface area contributed by atoms with Crippen LogP contribution < -0.4 is 10.6 Å². The van der Waals surface area contributed by atoms with E-state index in [1.165, 1.54) is 12.1 Å². The number of hydrogen-bond acceptors (Lipinski definition) is 5. The number of carbonyl (C=O) groups excluding carboxylic acids is 2. The Morgan fingerprint density at radius 1 is 1.38 bits per heavy atom. The van der Waals surface area contributed by atoms with Crippen molar-refractivity contribution in [2.24, 2.45) is 0 Å². The number of benzene rings is 1. The zero-order valence-corrected chi connectivity index (χ0v) is 16.1. The van der Waals surface area contributed by atoms with E-state index in [0.29, 0.717) is 6.42 Å². The minimum absolute atomic E-state index is 0.0171. The SMILES string of the molecule is CSCC[C@H](NC(=O)c1ccc([N+](=O)[O-])cc1Cl)C(=O)NC1CCCC1. The number of halogens is 1. The van der Waals surface area contributed by atoms with Crippen LogP contribution in [-0.4, -0.2) is 40.8 Å². The molecular formula is C17H22ClN3O4S. The summed E-state index contributed by atoms with van der Waals surface area (Å²) in [5.74, 6) is 0.00622. The van der Waals surface area contributed by atoms with Crippen LogP contribution in [-0.2, 0) is 4.79 Å². The van der Waals surface area contributed by atoms with Gasteiger partial charge >= 0.3 is 0 Å². The first kappa shape index (κ1) is 20.5. The molecule has 0 radical (unpaired) electrons.